The standard InChI is InChI=1S/C20H24N6OS/c1-2-11-28-20-23-18(12-19(24-20)26-7-9-27-10-8-26)25-22-14-15-13-21-17-6-4-3-5-16(15)17/h3-6,12-14,21H,2,7-11H2,1H3,(H,23,24,25). The van der Waals surface area contributed by atoms with Crippen molar-refractivity contribution in [1.29, 1.82) is 0 Å². The number of hydrazone groups is 1. The highest BCUT2D eigenvalue weighted by atomic mass is 32.2. The van der Waals surface area contributed by atoms with Gasteiger partial charge < -0.3 is 14.6 Å². The summed E-state index contributed by atoms with van der Waals surface area (Å²) in [5.41, 5.74) is 5.21. The molecule has 146 valence electrons. The van der Waals surface area contributed by atoms with Crippen molar-refractivity contribution in [2.45, 2.75) is 18.5 Å². The number of anilines is 2. The molecule has 0 aliphatic carbocycles. The molecule has 3 aromatic rings. The number of aromatic nitrogens is 3. The third kappa shape index (κ3) is 4.45. The van der Waals surface area contributed by atoms with Gasteiger partial charge in [0.25, 0.3) is 0 Å². The Labute approximate surface area is 168 Å². The van der Waals surface area contributed by atoms with Crippen molar-refractivity contribution in [2.75, 3.05) is 42.4 Å². The molecule has 1 fully saturated rings. The molecule has 2 N–H and O–H groups in total. The minimum atomic E-state index is 0.700. The lowest BCUT2D eigenvalue weighted by Gasteiger charge is -2.28. The van der Waals surface area contributed by atoms with Crippen LogP contribution in [0.5, 0.6) is 0 Å². The molecule has 1 aliphatic rings. The molecule has 0 spiro atoms. The van der Waals surface area contributed by atoms with Crippen LogP contribution in [0.15, 0.2) is 46.8 Å². The molecule has 8 heteroatoms. The number of nitrogens with zero attached hydrogens (tertiary/aromatic N) is 4. The van der Waals surface area contributed by atoms with E-state index in [0.717, 1.165) is 65.9 Å². The van der Waals surface area contributed by atoms with Gasteiger partial charge in [0.15, 0.2) is 11.0 Å². The maximum atomic E-state index is 5.46. The first-order valence-corrected chi connectivity index (χ1v) is 10.5. The van der Waals surface area contributed by atoms with E-state index in [0.29, 0.717) is 5.82 Å². The lowest BCUT2D eigenvalue weighted by atomic mass is 10.2. The first-order chi connectivity index (χ1) is 13.8. The second-order valence-electron chi connectivity index (χ2n) is 6.50. The van der Waals surface area contributed by atoms with E-state index in [4.69, 9.17) is 9.72 Å². The minimum absolute atomic E-state index is 0.700. The maximum absolute atomic E-state index is 5.46. The molecule has 28 heavy (non-hydrogen) atoms. The Bertz CT molecular complexity index is 951. The third-order valence-corrected chi connectivity index (χ3v) is 5.52. The van der Waals surface area contributed by atoms with Crippen molar-refractivity contribution in [3.8, 4) is 0 Å². The Balaban J connectivity index is 1.53. The van der Waals surface area contributed by atoms with E-state index < -0.39 is 0 Å². The monoisotopic (exact) mass is 396 g/mol. The van der Waals surface area contributed by atoms with E-state index in [2.05, 4.69) is 44.5 Å². The second-order valence-corrected chi connectivity index (χ2v) is 7.56. The highest BCUT2D eigenvalue weighted by Crippen LogP contribution is 2.23. The largest absolute Gasteiger partial charge is 0.378 e. The number of fused-ring (bicyclic) bond motifs is 1. The fraction of sp³-hybridized carbons (Fsp3) is 0.350. The predicted molar refractivity (Wildman–Crippen MR) is 116 cm³/mol. The number of H-pyrrole nitrogens is 1. The molecule has 1 aromatic carbocycles. The summed E-state index contributed by atoms with van der Waals surface area (Å²) in [7, 11) is 0. The van der Waals surface area contributed by atoms with E-state index >= 15 is 0 Å². The molecule has 0 radical (unpaired) electrons. The maximum Gasteiger partial charge on any atom is 0.191 e. The molecule has 2 aromatic heterocycles. The van der Waals surface area contributed by atoms with Crippen molar-refractivity contribution < 1.29 is 4.74 Å². The average Bonchev–Trinajstić information content (AvgIpc) is 3.16. The van der Waals surface area contributed by atoms with Gasteiger partial charge in [-0.3, -0.25) is 5.43 Å². The first kappa shape index (κ1) is 18.8. The van der Waals surface area contributed by atoms with Crippen LogP contribution in [0.3, 0.4) is 0 Å². The van der Waals surface area contributed by atoms with Gasteiger partial charge in [-0.1, -0.05) is 36.9 Å². The van der Waals surface area contributed by atoms with Crippen LogP contribution in [0.2, 0.25) is 0 Å². The Hall–Kier alpha value is -2.58. The first-order valence-electron chi connectivity index (χ1n) is 9.53. The van der Waals surface area contributed by atoms with Crippen LogP contribution in [0.25, 0.3) is 10.9 Å². The van der Waals surface area contributed by atoms with E-state index in [-0.39, 0.29) is 0 Å². The van der Waals surface area contributed by atoms with Crippen molar-refractivity contribution in [3.05, 3.63) is 42.1 Å². The topological polar surface area (TPSA) is 78.4 Å². The summed E-state index contributed by atoms with van der Waals surface area (Å²) in [4.78, 5) is 14.8. The summed E-state index contributed by atoms with van der Waals surface area (Å²) < 4.78 is 5.46. The van der Waals surface area contributed by atoms with Crippen molar-refractivity contribution in [1.82, 2.24) is 15.0 Å². The lowest BCUT2D eigenvalue weighted by molar-refractivity contribution is 0.122. The van der Waals surface area contributed by atoms with Gasteiger partial charge in [-0.2, -0.15) is 5.10 Å². The van der Waals surface area contributed by atoms with Gasteiger partial charge in [-0.05, 0) is 12.5 Å². The van der Waals surface area contributed by atoms with Gasteiger partial charge in [-0.25, -0.2) is 9.97 Å². The SMILES string of the molecule is CCCSc1nc(NN=Cc2c[nH]c3ccccc23)cc(N2CCOCC2)n1. The number of nitrogens with one attached hydrogen (secondary N) is 2. The number of thioether (sulfide) groups is 1. The van der Waals surface area contributed by atoms with Crippen LogP contribution in [0.1, 0.15) is 18.9 Å². The van der Waals surface area contributed by atoms with Crippen LogP contribution < -0.4 is 10.3 Å². The summed E-state index contributed by atoms with van der Waals surface area (Å²) >= 11 is 1.67. The van der Waals surface area contributed by atoms with E-state index in [1.807, 2.05) is 30.6 Å². The summed E-state index contributed by atoms with van der Waals surface area (Å²) in [6.07, 6.45) is 4.85. The van der Waals surface area contributed by atoms with Gasteiger partial charge in [0.2, 0.25) is 0 Å². The molecule has 1 aliphatic heterocycles. The van der Waals surface area contributed by atoms with Crippen LogP contribution >= 0.6 is 11.8 Å². The van der Waals surface area contributed by atoms with Crippen LogP contribution in [0, 0.1) is 0 Å². The number of ether oxygens (including phenoxy) is 1. The van der Waals surface area contributed by atoms with Crippen LogP contribution in [0.4, 0.5) is 11.6 Å². The molecule has 0 bridgehead atoms. The number of rotatable bonds is 7. The number of hydrogen-bond donors (Lipinski definition) is 2. The smallest absolute Gasteiger partial charge is 0.191 e. The summed E-state index contributed by atoms with van der Waals surface area (Å²) in [5.74, 6) is 2.61. The molecule has 0 amide bonds. The zero-order valence-electron chi connectivity index (χ0n) is 15.9. The van der Waals surface area contributed by atoms with Crippen molar-refractivity contribution in [3.63, 3.8) is 0 Å². The van der Waals surface area contributed by atoms with E-state index in [9.17, 15) is 0 Å². The molecule has 7 nitrogen and oxygen atoms in total. The average molecular weight is 397 g/mol. The van der Waals surface area contributed by atoms with Gasteiger partial charge in [0.05, 0.1) is 19.4 Å². The van der Waals surface area contributed by atoms with Gasteiger partial charge in [-0.15, -0.1) is 0 Å². The van der Waals surface area contributed by atoms with E-state index in [1.165, 1.54) is 0 Å². The molecule has 0 unspecified atom stereocenters. The Kier molecular flexibility index (Phi) is 6.08. The molecule has 1 saturated heterocycles. The molecule has 0 atom stereocenters. The quantitative estimate of drug-likeness (QED) is 0.274. The molecule has 0 saturated carbocycles. The van der Waals surface area contributed by atoms with Gasteiger partial charge >= 0.3 is 0 Å². The van der Waals surface area contributed by atoms with Gasteiger partial charge in [0, 0.05) is 47.6 Å². The normalized spacial score (nSPS) is 14.8. The Morgan fingerprint density at radius 1 is 1.29 bits per heavy atom. The van der Waals surface area contributed by atoms with Crippen molar-refractivity contribution in [2.24, 2.45) is 5.10 Å². The number of hydrogen-bond acceptors (Lipinski definition) is 7. The molecule has 3 heterocycles. The molecular weight excluding hydrogens is 372 g/mol. The second kappa shape index (κ2) is 9.07. The van der Waals surface area contributed by atoms with Gasteiger partial charge in [0.1, 0.15) is 5.82 Å². The molecular formula is C20H24N6OS. The predicted octanol–water partition coefficient (Wildman–Crippen LogP) is 3.74. The zero-order valence-corrected chi connectivity index (χ0v) is 16.7. The Morgan fingerprint density at radius 3 is 3.00 bits per heavy atom. The Morgan fingerprint density at radius 2 is 2.14 bits per heavy atom. The fourth-order valence-electron chi connectivity index (χ4n) is 3.05. The van der Waals surface area contributed by atoms with E-state index in [1.54, 1.807) is 11.8 Å². The highest BCUT2D eigenvalue weighted by molar-refractivity contribution is 7.99. The minimum Gasteiger partial charge on any atom is -0.378 e. The number of morpholine rings is 1. The number of benzene rings is 1. The van der Waals surface area contributed by atoms with Crippen LogP contribution in [-0.4, -0.2) is 53.2 Å². The molecule has 4 rings (SSSR count). The summed E-state index contributed by atoms with van der Waals surface area (Å²) in [6, 6.07) is 10.1. The number of aromatic amines is 1. The summed E-state index contributed by atoms with van der Waals surface area (Å²) in [6.45, 7) is 5.29. The fourth-order valence-corrected chi connectivity index (χ4v) is 3.76. The highest BCUT2D eigenvalue weighted by Gasteiger charge is 2.15. The zero-order chi connectivity index (χ0) is 19.2. The summed E-state index contributed by atoms with van der Waals surface area (Å²) in [5, 5.41) is 6.32. The third-order valence-electron chi connectivity index (χ3n) is 4.47. The lowest BCUT2D eigenvalue weighted by Crippen LogP contribution is -2.36. The number of para-hydroxylation sites is 1. The van der Waals surface area contributed by atoms with Crippen molar-refractivity contribution >= 4 is 40.5 Å². The van der Waals surface area contributed by atoms with Crippen LogP contribution in [-0.2, 0) is 4.74 Å².